The Kier molecular flexibility index (Phi) is 2.67. The summed E-state index contributed by atoms with van der Waals surface area (Å²) in [5, 5.41) is 0. The summed E-state index contributed by atoms with van der Waals surface area (Å²) >= 11 is 3.94. The van der Waals surface area contributed by atoms with E-state index in [0.717, 1.165) is 0 Å². The summed E-state index contributed by atoms with van der Waals surface area (Å²) in [6, 6.07) is 6.05. The summed E-state index contributed by atoms with van der Waals surface area (Å²) in [4.78, 5) is 0.553. The van der Waals surface area contributed by atoms with E-state index in [2.05, 4.69) is 12.6 Å². The Morgan fingerprint density at radius 3 is 2.42 bits per heavy atom. The average molecular weight is 192 g/mol. The van der Waals surface area contributed by atoms with Crippen LogP contribution in [0.4, 0.5) is 13.2 Å². The quantitative estimate of drug-likeness (QED) is 0.649. The molecule has 0 aliphatic heterocycles. The summed E-state index contributed by atoms with van der Waals surface area (Å²) < 4.78 is 35.5. The fourth-order valence-electron chi connectivity index (χ4n) is 0.898. The molecule has 12 heavy (non-hydrogen) atoms. The van der Waals surface area contributed by atoms with Crippen LogP contribution in [-0.4, -0.2) is 6.18 Å². The van der Waals surface area contributed by atoms with Crippen molar-refractivity contribution in [3.05, 3.63) is 29.8 Å². The molecule has 0 spiro atoms. The Labute approximate surface area is 73.8 Å². The molecule has 1 aromatic carbocycles. The van der Waals surface area contributed by atoms with Crippen molar-refractivity contribution in [1.29, 1.82) is 0 Å². The monoisotopic (exact) mass is 192 g/mol. The van der Waals surface area contributed by atoms with Gasteiger partial charge >= 0.3 is 6.18 Å². The van der Waals surface area contributed by atoms with Gasteiger partial charge in [0.15, 0.2) is 0 Å². The Hall–Kier alpha value is -0.640. The van der Waals surface area contributed by atoms with E-state index in [1.54, 1.807) is 12.1 Å². The highest BCUT2D eigenvalue weighted by molar-refractivity contribution is 7.80. The van der Waals surface area contributed by atoms with Gasteiger partial charge < -0.3 is 0 Å². The molecule has 0 aromatic heterocycles. The predicted octanol–water partition coefficient (Wildman–Crippen LogP) is 3.08. The van der Waals surface area contributed by atoms with Gasteiger partial charge in [0.2, 0.25) is 0 Å². The van der Waals surface area contributed by atoms with Crippen LogP contribution >= 0.6 is 12.6 Å². The first-order valence-corrected chi connectivity index (χ1v) is 3.77. The SMILES string of the molecule is FC(F)(F)Cc1cccc(S)c1. The van der Waals surface area contributed by atoms with Crippen molar-refractivity contribution in [2.45, 2.75) is 17.5 Å². The topological polar surface area (TPSA) is 0 Å². The van der Waals surface area contributed by atoms with Gasteiger partial charge in [-0.05, 0) is 17.7 Å². The van der Waals surface area contributed by atoms with Crippen molar-refractivity contribution in [2.75, 3.05) is 0 Å². The van der Waals surface area contributed by atoms with Gasteiger partial charge in [-0.2, -0.15) is 13.2 Å². The molecule has 0 aliphatic carbocycles. The molecular weight excluding hydrogens is 185 g/mol. The van der Waals surface area contributed by atoms with Crippen LogP contribution in [0.15, 0.2) is 29.2 Å². The van der Waals surface area contributed by atoms with E-state index in [-0.39, 0.29) is 5.56 Å². The molecule has 0 fully saturated rings. The first kappa shape index (κ1) is 9.45. The summed E-state index contributed by atoms with van der Waals surface area (Å²) in [7, 11) is 0. The molecule has 0 nitrogen and oxygen atoms in total. The molecule has 0 aliphatic rings. The Morgan fingerprint density at radius 2 is 1.92 bits per heavy atom. The van der Waals surface area contributed by atoms with Crippen LogP contribution in [0.3, 0.4) is 0 Å². The zero-order chi connectivity index (χ0) is 9.19. The van der Waals surface area contributed by atoms with Gasteiger partial charge in [-0.1, -0.05) is 12.1 Å². The van der Waals surface area contributed by atoms with Gasteiger partial charge in [0, 0.05) is 4.90 Å². The third-order valence-corrected chi connectivity index (χ3v) is 1.59. The number of benzene rings is 1. The number of hydrogen-bond donors (Lipinski definition) is 1. The minimum atomic E-state index is -4.14. The molecule has 0 saturated heterocycles. The number of halogens is 3. The number of hydrogen-bond acceptors (Lipinski definition) is 1. The van der Waals surface area contributed by atoms with E-state index in [0.29, 0.717) is 4.90 Å². The largest absolute Gasteiger partial charge is 0.393 e. The smallest absolute Gasteiger partial charge is 0.171 e. The van der Waals surface area contributed by atoms with E-state index >= 15 is 0 Å². The molecule has 0 N–H and O–H groups in total. The van der Waals surface area contributed by atoms with Crippen LogP contribution in [0.5, 0.6) is 0 Å². The van der Waals surface area contributed by atoms with Crippen molar-refractivity contribution in [3.8, 4) is 0 Å². The summed E-state index contributed by atoms with van der Waals surface area (Å²) in [6.45, 7) is 0. The van der Waals surface area contributed by atoms with Gasteiger partial charge in [-0.25, -0.2) is 0 Å². The standard InChI is InChI=1S/C8H7F3S/c9-8(10,11)5-6-2-1-3-7(12)4-6/h1-4,12H,5H2. The van der Waals surface area contributed by atoms with Gasteiger partial charge in [0.25, 0.3) is 0 Å². The number of alkyl halides is 3. The first-order valence-electron chi connectivity index (χ1n) is 3.32. The normalized spacial score (nSPS) is 11.7. The van der Waals surface area contributed by atoms with Crippen LogP contribution in [0.1, 0.15) is 5.56 Å². The van der Waals surface area contributed by atoms with Crippen molar-refractivity contribution in [3.63, 3.8) is 0 Å². The molecule has 1 aromatic rings. The molecule has 0 saturated carbocycles. The van der Waals surface area contributed by atoms with E-state index in [9.17, 15) is 13.2 Å². The number of thiol groups is 1. The van der Waals surface area contributed by atoms with Gasteiger partial charge in [-0.15, -0.1) is 12.6 Å². The molecule has 0 radical (unpaired) electrons. The van der Waals surface area contributed by atoms with E-state index in [1.165, 1.54) is 12.1 Å². The third-order valence-electron chi connectivity index (χ3n) is 1.32. The zero-order valence-corrected chi connectivity index (χ0v) is 6.99. The maximum atomic E-state index is 11.8. The minimum absolute atomic E-state index is 0.245. The molecular formula is C8H7F3S. The van der Waals surface area contributed by atoms with Crippen molar-refractivity contribution >= 4 is 12.6 Å². The van der Waals surface area contributed by atoms with Gasteiger partial charge in [0.1, 0.15) is 0 Å². The average Bonchev–Trinajstić information content (AvgIpc) is 1.82. The molecule has 0 atom stereocenters. The molecule has 66 valence electrons. The second-order valence-corrected chi connectivity index (χ2v) is 2.98. The highest BCUT2D eigenvalue weighted by Gasteiger charge is 2.27. The van der Waals surface area contributed by atoms with E-state index in [1.807, 2.05) is 0 Å². The van der Waals surface area contributed by atoms with Crippen LogP contribution < -0.4 is 0 Å². The van der Waals surface area contributed by atoms with E-state index in [4.69, 9.17) is 0 Å². The van der Waals surface area contributed by atoms with Crippen LogP contribution in [-0.2, 0) is 6.42 Å². The van der Waals surface area contributed by atoms with Crippen molar-refractivity contribution < 1.29 is 13.2 Å². The molecule has 1 rings (SSSR count). The summed E-state index contributed by atoms with van der Waals surface area (Å²) in [6.07, 6.45) is -5.02. The maximum Gasteiger partial charge on any atom is 0.393 e. The van der Waals surface area contributed by atoms with Crippen molar-refractivity contribution in [2.24, 2.45) is 0 Å². The lowest BCUT2D eigenvalue weighted by Gasteiger charge is -2.05. The molecule has 0 bridgehead atoms. The summed E-state index contributed by atoms with van der Waals surface area (Å²) in [5.74, 6) is 0. The lowest BCUT2D eigenvalue weighted by Crippen LogP contribution is -2.11. The third kappa shape index (κ3) is 3.17. The summed E-state index contributed by atoms with van der Waals surface area (Å²) in [5.41, 5.74) is 0.245. The van der Waals surface area contributed by atoms with Gasteiger partial charge in [-0.3, -0.25) is 0 Å². The Bertz CT molecular complexity index is 267. The fourth-order valence-corrected chi connectivity index (χ4v) is 1.15. The molecule has 0 amide bonds. The fraction of sp³-hybridized carbons (Fsp3) is 0.250. The Morgan fingerprint density at radius 1 is 1.25 bits per heavy atom. The van der Waals surface area contributed by atoms with E-state index < -0.39 is 12.6 Å². The molecule has 0 unspecified atom stereocenters. The molecule has 4 heteroatoms. The predicted molar refractivity (Wildman–Crippen MR) is 43.5 cm³/mol. The van der Waals surface area contributed by atoms with Gasteiger partial charge in [0.05, 0.1) is 6.42 Å². The van der Waals surface area contributed by atoms with Crippen LogP contribution in [0, 0.1) is 0 Å². The van der Waals surface area contributed by atoms with Crippen molar-refractivity contribution in [1.82, 2.24) is 0 Å². The number of rotatable bonds is 1. The lowest BCUT2D eigenvalue weighted by molar-refractivity contribution is -0.127. The molecule has 0 heterocycles. The lowest BCUT2D eigenvalue weighted by atomic mass is 10.1. The second kappa shape index (κ2) is 3.39. The van der Waals surface area contributed by atoms with Crippen LogP contribution in [0.25, 0.3) is 0 Å². The zero-order valence-electron chi connectivity index (χ0n) is 6.10. The second-order valence-electron chi connectivity index (χ2n) is 2.46. The highest BCUT2D eigenvalue weighted by Crippen LogP contribution is 2.22. The Balaban J connectivity index is 2.77. The van der Waals surface area contributed by atoms with Crippen LogP contribution in [0.2, 0.25) is 0 Å². The maximum absolute atomic E-state index is 11.8. The highest BCUT2D eigenvalue weighted by atomic mass is 32.1. The minimum Gasteiger partial charge on any atom is -0.171 e. The first-order chi connectivity index (χ1) is 5.47.